The zero-order valence-corrected chi connectivity index (χ0v) is 17.9. The van der Waals surface area contributed by atoms with Crippen molar-refractivity contribution < 1.29 is 18.0 Å². The van der Waals surface area contributed by atoms with Gasteiger partial charge in [-0.1, -0.05) is 48.5 Å². The maximum atomic E-state index is 13.8. The molecule has 6 nitrogen and oxygen atoms in total. The maximum Gasteiger partial charge on any atom is 0.421 e. The number of alkyl halides is 3. The van der Waals surface area contributed by atoms with Gasteiger partial charge in [0, 0.05) is 36.3 Å². The Labute approximate surface area is 194 Å². The highest BCUT2D eigenvalue weighted by molar-refractivity contribution is 5.69. The van der Waals surface area contributed by atoms with Crippen LogP contribution in [-0.4, -0.2) is 21.6 Å². The number of pyridine rings is 1. The van der Waals surface area contributed by atoms with Crippen molar-refractivity contribution >= 4 is 17.5 Å². The van der Waals surface area contributed by atoms with E-state index in [4.69, 9.17) is 4.84 Å². The number of hydroxylamine groups is 1. The van der Waals surface area contributed by atoms with E-state index in [-0.39, 0.29) is 24.4 Å². The van der Waals surface area contributed by atoms with Crippen molar-refractivity contribution in [2.45, 2.75) is 18.6 Å². The number of aromatic nitrogens is 3. The lowest BCUT2D eigenvalue weighted by atomic mass is 10.0. The van der Waals surface area contributed by atoms with Gasteiger partial charge in [0.15, 0.2) is 5.82 Å². The van der Waals surface area contributed by atoms with Crippen LogP contribution in [0.4, 0.5) is 30.6 Å². The highest BCUT2D eigenvalue weighted by Gasteiger charge is 2.40. The summed E-state index contributed by atoms with van der Waals surface area (Å²) in [5, 5.41) is 4.27. The summed E-state index contributed by atoms with van der Waals surface area (Å²) in [6, 6.07) is 20.1. The normalized spacial score (nSPS) is 16.0. The number of nitrogens with zero attached hydrogens (tertiary/aromatic N) is 4. The summed E-state index contributed by atoms with van der Waals surface area (Å²) in [6.45, 7) is 0.288. The van der Waals surface area contributed by atoms with Crippen molar-refractivity contribution in [2.24, 2.45) is 0 Å². The van der Waals surface area contributed by atoms with Crippen LogP contribution in [0.1, 0.15) is 23.6 Å². The van der Waals surface area contributed by atoms with Crippen molar-refractivity contribution in [1.82, 2.24) is 15.0 Å². The average Bonchev–Trinajstić information content (AvgIpc) is 3.35. The Balaban J connectivity index is 1.49. The van der Waals surface area contributed by atoms with E-state index in [2.05, 4.69) is 20.3 Å². The molecule has 1 N–H and O–H groups in total. The van der Waals surface area contributed by atoms with Crippen LogP contribution in [-0.2, 0) is 11.0 Å². The molecule has 172 valence electrons. The molecule has 34 heavy (non-hydrogen) atoms. The number of anilines is 3. The minimum absolute atomic E-state index is 0.0358. The number of nitrogens with one attached hydrogen (secondary N) is 1. The fraction of sp³-hybridized carbons (Fsp3) is 0.160. The van der Waals surface area contributed by atoms with Crippen LogP contribution < -0.4 is 10.4 Å². The molecule has 0 radical (unpaired) electrons. The first-order valence-corrected chi connectivity index (χ1v) is 10.7. The molecule has 3 heterocycles. The Hall–Kier alpha value is -3.98. The van der Waals surface area contributed by atoms with Gasteiger partial charge < -0.3 is 5.32 Å². The molecule has 1 saturated heterocycles. The number of benzene rings is 2. The monoisotopic (exact) mass is 463 g/mol. The molecule has 1 fully saturated rings. The van der Waals surface area contributed by atoms with Gasteiger partial charge in [-0.25, -0.2) is 10.0 Å². The lowest BCUT2D eigenvalue weighted by molar-refractivity contribution is -0.138. The number of halogens is 3. The van der Waals surface area contributed by atoms with Gasteiger partial charge >= 0.3 is 6.18 Å². The van der Waals surface area contributed by atoms with E-state index in [1.807, 2.05) is 60.7 Å². The fourth-order valence-electron chi connectivity index (χ4n) is 3.90. The van der Waals surface area contributed by atoms with E-state index in [1.165, 1.54) is 5.06 Å². The van der Waals surface area contributed by atoms with Crippen LogP contribution in [0.15, 0.2) is 85.3 Å². The molecular formula is C25H20F3N5O. The largest absolute Gasteiger partial charge is 0.421 e. The predicted molar refractivity (Wildman–Crippen MR) is 122 cm³/mol. The Morgan fingerprint density at radius 1 is 0.941 bits per heavy atom. The summed E-state index contributed by atoms with van der Waals surface area (Å²) in [5.41, 5.74) is 2.35. The molecule has 0 saturated carbocycles. The Morgan fingerprint density at radius 2 is 1.76 bits per heavy atom. The van der Waals surface area contributed by atoms with Gasteiger partial charge in [0.1, 0.15) is 5.56 Å². The fourth-order valence-corrected chi connectivity index (χ4v) is 3.90. The number of rotatable bonds is 5. The predicted octanol–water partition coefficient (Wildman–Crippen LogP) is 6.18. The van der Waals surface area contributed by atoms with Crippen LogP contribution in [0, 0.1) is 0 Å². The van der Waals surface area contributed by atoms with E-state index in [9.17, 15) is 13.2 Å². The molecule has 0 spiro atoms. The zero-order valence-electron chi connectivity index (χ0n) is 17.9. The third-order valence-electron chi connectivity index (χ3n) is 5.49. The lowest BCUT2D eigenvalue weighted by Gasteiger charge is -2.26. The van der Waals surface area contributed by atoms with Crippen molar-refractivity contribution in [3.05, 3.63) is 96.4 Å². The van der Waals surface area contributed by atoms with E-state index < -0.39 is 11.7 Å². The van der Waals surface area contributed by atoms with Crippen LogP contribution in [0.3, 0.4) is 0 Å². The van der Waals surface area contributed by atoms with Gasteiger partial charge in [-0.3, -0.25) is 9.82 Å². The molecule has 2 aromatic heterocycles. The van der Waals surface area contributed by atoms with Gasteiger partial charge in [0.25, 0.3) is 0 Å². The summed E-state index contributed by atoms with van der Waals surface area (Å²) in [4.78, 5) is 17.9. The molecule has 0 aliphatic carbocycles. The van der Waals surface area contributed by atoms with Crippen LogP contribution in [0.5, 0.6) is 0 Å². The van der Waals surface area contributed by atoms with E-state index in [0.29, 0.717) is 12.1 Å². The summed E-state index contributed by atoms with van der Waals surface area (Å²) in [7, 11) is 0. The molecule has 1 aliphatic rings. The third kappa shape index (κ3) is 4.55. The van der Waals surface area contributed by atoms with Gasteiger partial charge in [0.2, 0.25) is 5.95 Å². The maximum absolute atomic E-state index is 13.8. The van der Waals surface area contributed by atoms with E-state index in [1.54, 1.807) is 18.5 Å². The van der Waals surface area contributed by atoms with Gasteiger partial charge in [0.05, 0.1) is 12.6 Å². The lowest BCUT2D eigenvalue weighted by Crippen LogP contribution is -2.26. The Bertz CT molecular complexity index is 1270. The zero-order chi connectivity index (χ0) is 23.5. The van der Waals surface area contributed by atoms with Gasteiger partial charge in [-0.2, -0.15) is 18.2 Å². The van der Waals surface area contributed by atoms with Crippen molar-refractivity contribution in [3.8, 4) is 11.1 Å². The molecule has 2 aromatic carbocycles. The standard InChI is InChI=1S/C25H20F3N5O/c26-25(27,28)21-16-30-24(31-20-10-4-8-18(14-20)19-9-5-12-29-15-19)32-23(21)33-22(11-13-34-33)17-6-2-1-3-7-17/h1-10,12,14-16,22H,11,13H2,(H,30,31,32)/t22-/m0/s1. The smallest absolute Gasteiger partial charge is 0.324 e. The van der Waals surface area contributed by atoms with Crippen LogP contribution in [0.25, 0.3) is 11.1 Å². The number of hydrogen-bond acceptors (Lipinski definition) is 6. The highest BCUT2D eigenvalue weighted by atomic mass is 19.4. The quantitative estimate of drug-likeness (QED) is 0.381. The first kappa shape index (κ1) is 21.8. The van der Waals surface area contributed by atoms with Crippen molar-refractivity contribution in [3.63, 3.8) is 0 Å². The van der Waals surface area contributed by atoms with Crippen LogP contribution >= 0.6 is 0 Å². The minimum Gasteiger partial charge on any atom is -0.324 e. The second kappa shape index (κ2) is 9.11. The third-order valence-corrected chi connectivity index (χ3v) is 5.49. The first-order chi connectivity index (χ1) is 16.5. The number of hydrogen-bond donors (Lipinski definition) is 1. The molecular weight excluding hydrogens is 443 g/mol. The summed E-state index contributed by atoms with van der Waals surface area (Å²) < 4.78 is 41.5. The first-order valence-electron chi connectivity index (χ1n) is 10.7. The van der Waals surface area contributed by atoms with E-state index in [0.717, 1.165) is 22.9 Å². The Kier molecular flexibility index (Phi) is 5.85. The average molecular weight is 463 g/mol. The van der Waals surface area contributed by atoms with Crippen molar-refractivity contribution in [1.29, 1.82) is 0 Å². The molecule has 0 bridgehead atoms. The van der Waals surface area contributed by atoms with Gasteiger partial charge in [-0.05, 0) is 29.3 Å². The molecule has 4 aromatic rings. The highest BCUT2D eigenvalue weighted by Crippen LogP contribution is 2.41. The summed E-state index contributed by atoms with van der Waals surface area (Å²) >= 11 is 0. The summed E-state index contributed by atoms with van der Waals surface area (Å²) in [6.07, 6.45) is 0.120. The SMILES string of the molecule is FC(F)(F)c1cnc(Nc2cccc(-c3cccnc3)c2)nc1N1OCC[C@H]1c1ccccc1. The second-order valence-corrected chi connectivity index (χ2v) is 7.75. The van der Waals surface area contributed by atoms with Crippen molar-refractivity contribution in [2.75, 3.05) is 17.0 Å². The molecule has 5 rings (SSSR count). The molecule has 0 amide bonds. The molecule has 1 aliphatic heterocycles. The van der Waals surface area contributed by atoms with Gasteiger partial charge in [-0.15, -0.1) is 0 Å². The molecule has 9 heteroatoms. The van der Waals surface area contributed by atoms with E-state index >= 15 is 0 Å². The minimum atomic E-state index is -4.64. The summed E-state index contributed by atoms with van der Waals surface area (Å²) in [5.74, 6) is -0.284. The molecule has 0 unspecified atom stereocenters. The Morgan fingerprint density at radius 3 is 2.53 bits per heavy atom. The second-order valence-electron chi connectivity index (χ2n) is 7.75. The molecule has 1 atom stereocenters. The topological polar surface area (TPSA) is 63.2 Å². The van der Waals surface area contributed by atoms with Crippen LogP contribution in [0.2, 0.25) is 0 Å².